The van der Waals surface area contributed by atoms with Gasteiger partial charge in [0, 0.05) is 18.5 Å². The Morgan fingerprint density at radius 2 is 1.93 bits per heavy atom. The topological polar surface area (TPSA) is 100 Å². The van der Waals surface area contributed by atoms with E-state index in [9.17, 15) is 14.7 Å². The predicted molar refractivity (Wildman–Crippen MR) is 107 cm³/mol. The highest BCUT2D eigenvalue weighted by Crippen LogP contribution is 2.34. The Labute approximate surface area is 165 Å². The summed E-state index contributed by atoms with van der Waals surface area (Å²) in [6.07, 6.45) is 1.48. The van der Waals surface area contributed by atoms with Gasteiger partial charge in [-0.2, -0.15) is 5.10 Å². The smallest absolute Gasteiger partial charge is 0.240 e. The van der Waals surface area contributed by atoms with Crippen molar-refractivity contribution in [1.29, 1.82) is 0 Å². The van der Waals surface area contributed by atoms with Gasteiger partial charge in [-0.25, -0.2) is 5.43 Å². The minimum atomic E-state index is -0.379. The zero-order valence-corrected chi connectivity index (χ0v) is 16.5. The summed E-state index contributed by atoms with van der Waals surface area (Å²) >= 11 is 3.21. The number of nitrogens with one attached hydrogen (secondary N) is 2. The predicted octanol–water partition coefficient (Wildman–Crippen LogP) is 3.34. The van der Waals surface area contributed by atoms with Gasteiger partial charge in [-0.15, -0.1) is 0 Å². The summed E-state index contributed by atoms with van der Waals surface area (Å²) in [6, 6.07) is 10.6. The van der Waals surface area contributed by atoms with Crippen LogP contribution in [0.2, 0.25) is 0 Å². The lowest BCUT2D eigenvalue weighted by Crippen LogP contribution is -2.20. The minimum Gasteiger partial charge on any atom is -0.503 e. The van der Waals surface area contributed by atoms with Gasteiger partial charge in [-0.3, -0.25) is 9.59 Å². The molecule has 0 aromatic heterocycles. The number of phenolic OH excluding ortho intramolecular Hbond substituents is 1. The second-order valence-electron chi connectivity index (χ2n) is 5.71. The lowest BCUT2D eigenvalue weighted by atomic mass is 10.2. The third-order valence-electron chi connectivity index (χ3n) is 3.67. The first-order valence-electron chi connectivity index (χ1n) is 8.14. The Kier molecular flexibility index (Phi) is 7.36. The molecule has 0 spiro atoms. The number of methoxy groups -OCH3 is 1. The Hall–Kier alpha value is -2.87. The summed E-state index contributed by atoms with van der Waals surface area (Å²) in [5, 5.41) is 16.4. The quantitative estimate of drug-likeness (QED) is 0.460. The first-order valence-corrected chi connectivity index (χ1v) is 8.94. The molecule has 0 radical (unpaired) electrons. The highest BCUT2D eigenvalue weighted by Gasteiger charge is 2.09. The molecule has 8 heteroatoms. The van der Waals surface area contributed by atoms with E-state index in [1.165, 1.54) is 13.3 Å². The fourth-order valence-electron chi connectivity index (χ4n) is 2.21. The summed E-state index contributed by atoms with van der Waals surface area (Å²) in [5.41, 5.74) is 4.67. The van der Waals surface area contributed by atoms with Gasteiger partial charge < -0.3 is 15.2 Å². The van der Waals surface area contributed by atoms with Crippen molar-refractivity contribution in [1.82, 2.24) is 5.43 Å². The molecule has 2 rings (SSSR count). The molecular formula is C19H20BrN3O4. The monoisotopic (exact) mass is 433 g/mol. The van der Waals surface area contributed by atoms with Crippen LogP contribution in [0.15, 0.2) is 46.0 Å². The highest BCUT2D eigenvalue weighted by atomic mass is 79.9. The van der Waals surface area contributed by atoms with Crippen LogP contribution in [-0.2, 0) is 9.59 Å². The zero-order valence-electron chi connectivity index (χ0n) is 15.0. The second kappa shape index (κ2) is 9.72. The summed E-state index contributed by atoms with van der Waals surface area (Å²) in [4.78, 5) is 23.8. The van der Waals surface area contributed by atoms with E-state index in [2.05, 4.69) is 31.8 Å². The summed E-state index contributed by atoms with van der Waals surface area (Å²) in [7, 11) is 1.44. The van der Waals surface area contributed by atoms with Crippen LogP contribution in [-0.4, -0.2) is 30.2 Å². The molecule has 0 saturated heterocycles. The van der Waals surface area contributed by atoms with Crippen molar-refractivity contribution in [2.45, 2.75) is 19.8 Å². The Morgan fingerprint density at radius 3 is 2.63 bits per heavy atom. The van der Waals surface area contributed by atoms with E-state index in [1.807, 2.05) is 31.2 Å². The van der Waals surface area contributed by atoms with Crippen LogP contribution in [0.5, 0.6) is 11.5 Å². The molecule has 7 nitrogen and oxygen atoms in total. The van der Waals surface area contributed by atoms with Gasteiger partial charge in [0.05, 0.1) is 17.8 Å². The molecule has 2 aromatic rings. The fourth-order valence-corrected chi connectivity index (χ4v) is 2.67. The molecule has 142 valence electrons. The number of hydrogen-bond acceptors (Lipinski definition) is 5. The summed E-state index contributed by atoms with van der Waals surface area (Å²) in [6.45, 7) is 1.90. The van der Waals surface area contributed by atoms with Crippen LogP contribution in [0.1, 0.15) is 24.0 Å². The first kappa shape index (κ1) is 20.4. The second-order valence-corrected chi connectivity index (χ2v) is 6.56. The van der Waals surface area contributed by atoms with Crippen LogP contribution in [0.25, 0.3) is 0 Å². The number of carbonyl (C=O) groups is 2. The zero-order chi connectivity index (χ0) is 19.8. The maximum absolute atomic E-state index is 11.9. The molecule has 0 aliphatic heterocycles. The Balaban J connectivity index is 1.82. The van der Waals surface area contributed by atoms with Gasteiger partial charge in [0.1, 0.15) is 0 Å². The van der Waals surface area contributed by atoms with Crippen molar-refractivity contribution in [3.05, 3.63) is 52.0 Å². The van der Waals surface area contributed by atoms with E-state index < -0.39 is 0 Å². The van der Waals surface area contributed by atoms with Crippen molar-refractivity contribution < 1.29 is 19.4 Å². The van der Waals surface area contributed by atoms with Crippen LogP contribution >= 0.6 is 15.9 Å². The van der Waals surface area contributed by atoms with Crippen molar-refractivity contribution in [2.75, 3.05) is 12.4 Å². The Bertz CT molecular complexity index is 868. The largest absolute Gasteiger partial charge is 0.503 e. The van der Waals surface area contributed by atoms with Gasteiger partial charge in [-0.05, 0) is 52.2 Å². The van der Waals surface area contributed by atoms with E-state index in [1.54, 1.807) is 12.1 Å². The SMILES string of the molecule is COc1cc(/C=N/NC(=O)CCC(=O)Nc2ccccc2C)cc(Br)c1O. The summed E-state index contributed by atoms with van der Waals surface area (Å²) in [5.74, 6) is -0.352. The number of anilines is 1. The first-order chi connectivity index (χ1) is 12.9. The number of aromatic hydroxyl groups is 1. The van der Waals surface area contributed by atoms with Gasteiger partial charge in [-0.1, -0.05) is 18.2 Å². The van der Waals surface area contributed by atoms with E-state index >= 15 is 0 Å². The molecule has 2 amide bonds. The molecule has 0 unspecified atom stereocenters. The average molecular weight is 434 g/mol. The van der Waals surface area contributed by atoms with Crippen LogP contribution < -0.4 is 15.5 Å². The molecule has 3 N–H and O–H groups in total. The lowest BCUT2D eigenvalue weighted by Gasteiger charge is -2.07. The Morgan fingerprint density at radius 1 is 1.22 bits per heavy atom. The maximum Gasteiger partial charge on any atom is 0.240 e. The highest BCUT2D eigenvalue weighted by molar-refractivity contribution is 9.10. The normalized spacial score (nSPS) is 10.6. The van der Waals surface area contributed by atoms with Gasteiger partial charge in [0.25, 0.3) is 0 Å². The van der Waals surface area contributed by atoms with E-state index in [-0.39, 0.29) is 36.2 Å². The van der Waals surface area contributed by atoms with Gasteiger partial charge in [0.15, 0.2) is 11.5 Å². The van der Waals surface area contributed by atoms with Crippen molar-refractivity contribution >= 4 is 39.6 Å². The van der Waals surface area contributed by atoms with Crippen LogP contribution in [0.4, 0.5) is 5.69 Å². The van der Waals surface area contributed by atoms with Gasteiger partial charge in [0.2, 0.25) is 11.8 Å². The number of nitrogens with zero attached hydrogens (tertiary/aromatic N) is 1. The number of carbonyl (C=O) groups excluding carboxylic acids is 2. The molecule has 0 aliphatic carbocycles. The number of halogens is 1. The molecule has 0 heterocycles. The molecule has 0 bridgehead atoms. The molecule has 27 heavy (non-hydrogen) atoms. The number of amides is 2. The third kappa shape index (κ3) is 6.10. The molecule has 0 saturated carbocycles. The number of phenols is 1. The number of hydrazone groups is 1. The number of hydrogen-bond donors (Lipinski definition) is 3. The number of ether oxygens (including phenoxy) is 1. The number of aryl methyl sites for hydroxylation is 1. The van der Waals surface area contributed by atoms with Crippen molar-refractivity contribution in [3.8, 4) is 11.5 Å². The van der Waals surface area contributed by atoms with Crippen LogP contribution in [0, 0.1) is 6.92 Å². The number of rotatable bonds is 7. The molecule has 0 fully saturated rings. The van der Waals surface area contributed by atoms with E-state index in [4.69, 9.17) is 4.74 Å². The average Bonchev–Trinajstić information content (AvgIpc) is 2.64. The van der Waals surface area contributed by atoms with Gasteiger partial charge >= 0.3 is 0 Å². The van der Waals surface area contributed by atoms with E-state index in [0.717, 1.165) is 11.3 Å². The number of benzene rings is 2. The van der Waals surface area contributed by atoms with E-state index in [0.29, 0.717) is 10.0 Å². The maximum atomic E-state index is 11.9. The molecule has 2 aromatic carbocycles. The lowest BCUT2D eigenvalue weighted by molar-refractivity contribution is -0.124. The standard InChI is InChI=1S/C19H20BrN3O4/c1-12-5-3-4-6-15(12)22-17(24)7-8-18(25)23-21-11-13-9-14(20)19(26)16(10-13)27-2/h3-6,9-11,26H,7-8H2,1-2H3,(H,22,24)(H,23,25)/b21-11+. The van der Waals surface area contributed by atoms with Crippen LogP contribution in [0.3, 0.4) is 0 Å². The third-order valence-corrected chi connectivity index (χ3v) is 4.28. The molecule has 0 atom stereocenters. The van der Waals surface area contributed by atoms with Crippen molar-refractivity contribution in [3.63, 3.8) is 0 Å². The minimum absolute atomic E-state index is 0.0116. The molecule has 0 aliphatic rings. The molecular weight excluding hydrogens is 414 g/mol. The van der Waals surface area contributed by atoms with Crippen molar-refractivity contribution in [2.24, 2.45) is 5.10 Å². The summed E-state index contributed by atoms with van der Waals surface area (Å²) < 4.78 is 5.49. The fraction of sp³-hybridized carbons (Fsp3) is 0.211. The number of para-hydroxylation sites is 1.